The molecule has 1 aliphatic rings. The Morgan fingerprint density at radius 2 is 2.18 bits per heavy atom. The second kappa shape index (κ2) is 8.48. The predicted octanol–water partition coefficient (Wildman–Crippen LogP) is 1.29. The lowest BCUT2D eigenvalue weighted by Crippen LogP contribution is -2.31. The van der Waals surface area contributed by atoms with Crippen molar-refractivity contribution in [3.63, 3.8) is 0 Å². The van der Waals surface area contributed by atoms with Crippen molar-refractivity contribution in [3.05, 3.63) is 0 Å². The highest BCUT2D eigenvalue weighted by Gasteiger charge is 2.13. The predicted molar refractivity (Wildman–Crippen MR) is 68.6 cm³/mol. The first kappa shape index (κ1) is 14.5. The van der Waals surface area contributed by atoms with Crippen LogP contribution in [0.3, 0.4) is 0 Å². The minimum Gasteiger partial charge on any atom is -0.381 e. The molecule has 0 spiro atoms. The molecule has 0 aromatic rings. The van der Waals surface area contributed by atoms with Crippen molar-refractivity contribution >= 4 is 5.91 Å². The van der Waals surface area contributed by atoms with Crippen LogP contribution in [0.15, 0.2) is 0 Å². The Labute approximate surface area is 104 Å². The van der Waals surface area contributed by atoms with Crippen LogP contribution in [0, 0.1) is 11.8 Å². The van der Waals surface area contributed by atoms with E-state index in [0.717, 1.165) is 44.8 Å². The minimum atomic E-state index is 0.164. The molecule has 1 atom stereocenters. The normalized spacial score (nSPS) is 18.9. The zero-order valence-corrected chi connectivity index (χ0v) is 10.9. The van der Waals surface area contributed by atoms with E-state index in [0.29, 0.717) is 25.4 Å². The molecular weight excluding hydrogens is 216 g/mol. The average Bonchev–Trinajstić information content (AvgIpc) is 2.37. The molecule has 4 nitrogen and oxygen atoms in total. The van der Waals surface area contributed by atoms with E-state index in [1.807, 2.05) is 6.92 Å². The van der Waals surface area contributed by atoms with Crippen LogP contribution in [0.5, 0.6) is 0 Å². The van der Waals surface area contributed by atoms with E-state index < -0.39 is 0 Å². The van der Waals surface area contributed by atoms with Gasteiger partial charge >= 0.3 is 0 Å². The molecule has 0 aliphatic carbocycles. The van der Waals surface area contributed by atoms with Crippen LogP contribution in [0.4, 0.5) is 0 Å². The Morgan fingerprint density at radius 3 is 2.82 bits per heavy atom. The molecule has 0 aromatic carbocycles. The second-order valence-electron chi connectivity index (χ2n) is 5.09. The molecule has 1 unspecified atom stereocenters. The molecule has 1 heterocycles. The van der Waals surface area contributed by atoms with Crippen LogP contribution in [-0.4, -0.2) is 32.2 Å². The van der Waals surface area contributed by atoms with E-state index in [9.17, 15) is 4.79 Å². The molecule has 1 saturated heterocycles. The van der Waals surface area contributed by atoms with Gasteiger partial charge in [-0.25, -0.2) is 0 Å². The number of carbonyl (C=O) groups is 1. The fourth-order valence-corrected chi connectivity index (χ4v) is 2.05. The quantitative estimate of drug-likeness (QED) is 0.707. The van der Waals surface area contributed by atoms with Gasteiger partial charge in [-0.2, -0.15) is 0 Å². The zero-order valence-electron chi connectivity index (χ0n) is 10.9. The highest BCUT2D eigenvalue weighted by molar-refractivity contribution is 5.75. The summed E-state index contributed by atoms with van der Waals surface area (Å²) in [5.41, 5.74) is 5.49. The van der Waals surface area contributed by atoms with Gasteiger partial charge in [-0.1, -0.05) is 6.92 Å². The second-order valence-corrected chi connectivity index (χ2v) is 5.09. The lowest BCUT2D eigenvalue weighted by molar-refractivity contribution is -0.121. The van der Waals surface area contributed by atoms with Gasteiger partial charge in [0.1, 0.15) is 0 Å². The highest BCUT2D eigenvalue weighted by Crippen LogP contribution is 2.20. The fraction of sp³-hybridized carbons (Fsp3) is 0.923. The van der Waals surface area contributed by atoms with Crippen LogP contribution in [0.25, 0.3) is 0 Å². The summed E-state index contributed by atoms with van der Waals surface area (Å²) in [4.78, 5) is 11.5. The molecule has 0 radical (unpaired) electrons. The lowest BCUT2D eigenvalue weighted by Gasteiger charge is -2.21. The number of ether oxygens (including phenoxy) is 1. The number of carbonyl (C=O) groups excluding carboxylic acids is 1. The van der Waals surface area contributed by atoms with Gasteiger partial charge in [-0.05, 0) is 44.1 Å². The Kier molecular flexibility index (Phi) is 7.21. The first-order chi connectivity index (χ1) is 8.22. The van der Waals surface area contributed by atoms with Gasteiger partial charge in [0.2, 0.25) is 5.91 Å². The van der Waals surface area contributed by atoms with Crippen molar-refractivity contribution in [2.45, 2.75) is 39.0 Å². The maximum atomic E-state index is 11.5. The number of hydrogen-bond donors (Lipinski definition) is 2. The van der Waals surface area contributed by atoms with E-state index in [4.69, 9.17) is 10.5 Å². The molecule has 1 amide bonds. The number of amides is 1. The molecule has 4 heteroatoms. The largest absolute Gasteiger partial charge is 0.381 e. The molecule has 1 rings (SSSR count). The minimum absolute atomic E-state index is 0.164. The third-order valence-electron chi connectivity index (χ3n) is 3.41. The van der Waals surface area contributed by atoms with E-state index in [1.54, 1.807) is 0 Å². The van der Waals surface area contributed by atoms with Crippen LogP contribution in [-0.2, 0) is 9.53 Å². The third-order valence-corrected chi connectivity index (χ3v) is 3.41. The summed E-state index contributed by atoms with van der Waals surface area (Å²) >= 11 is 0. The van der Waals surface area contributed by atoms with Crippen LogP contribution >= 0.6 is 0 Å². The molecule has 3 N–H and O–H groups in total. The number of hydrogen-bond acceptors (Lipinski definition) is 3. The number of nitrogens with two attached hydrogens (primary N) is 1. The van der Waals surface area contributed by atoms with Gasteiger partial charge in [-0.15, -0.1) is 0 Å². The molecular formula is C13H26N2O2. The van der Waals surface area contributed by atoms with Gasteiger partial charge < -0.3 is 15.8 Å². The Bertz CT molecular complexity index is 215. The van der Waals surface area contributed by atoms with Crippen molar-refractivity contribution in [2.24, 2.45) is 17.6 Å². The van der Waals surface area contributed by atoms with Gasteiger partial charge in [0, 0.05) is 26.2 Å². The topological polar surface area (TPSA) is 64.3 Å². The van der Waals surface area contributed by atoms with E-state index in [2.05, 4.69) is 5.32 Å². The molecule has 0 bridgehead atoms. The monoisotopic (exact) mass is 242 g/mol. The molecule has 1 fully saturated rings. The van der Waals surface area contributed by atoms with Gasteiger partial charge in [0.15, 0.2) is 0 Å². The number of rotatable bonds is 7. The molecule has 0 saturated carbocycles. The maximum Gasteiger partial charge on any atom is 0.220 e. The molecule has 0 aromatic heterocycles. The highest BCUT2D eigenvalue weighted by atomic mass is 16.5. The van der Waals surface area contributed by atoms with Crippen molar-refractivity contribution < 1.29 is 9.53 Å². The smallest absolute Gasteiger partial charge is 0.220 e. The average molecular weight is 242 g/mol. The van der Waals surface area contributed by atoms with Gasteiger partial charge in [-0.3, -0.25) is 4.79 Å². The lowest BCUT2D eigenvalue weighted by atomic mass is 9.94. The number of nitrogens with one attached hydrogen (secondary N) is 1. The standard InChI is InChI=1S/C13H26N2O2/c1-11(9-14)10-15-13(16)4-2-3-12-5-7-17-8-6-12/h11-12H,2-10,14H2,1H3,(H,15,16). The summed E-state index contributed by atoms with van der Waals surface area (Å²) < 4.78 is 5.31. The van der Waals surface area contributed by atoms with Crippen molar-refractivity contribution in [1.29, 1.82) is 0 Å². The van der Waals surface area contributed by atoms with Gasteiger partial charge in [0.05, 0.1) is 0 Å². The molecule has 1 aliphatic heterocycles. The van der Waals surface area contributed by atoms with E-state index >= 15 is 0 Å². The molecule has 100 valence electrons. The fourth-order valence-electron chi connectivity index (χ4n) is 2.05. The Morgan fingerprint density at radius 1 is 1.47 bits per heavy atom. The summed E-state index contributed by atoms with van der Waals surface area (Å²) in [5, 5.41) is 2.93. The summed E-state index contributed by atoms with van der Waals surface area (Å²) in [5.74, 6) is 1.30. The zero-order chi connectivity index (χ0) is 12.5. The maximum absolute atomic E-state index is 11.5. The molecule has 17 heavy (non-hydrogen) atoms. The Balaban J connectivity index is 1.99. The Hall–Kier alpha value is -0.610. The van der Waals surface area contributed by atoms with Crippen molar-refractivity contribution in [3.8, 4) is 0 Å². The third kappa shape index (κ3) is 6.64. The summed E-state index contributed by atoms with van der Waals surface area (Å²) in [6, 6.07) is 0. The SMILES string of the molecule is CC(CN)CNC(=O)CCCC1CCOCC1. The first-order valence-corrected chi connectivity index (χ1v) is 6.77. The van der Waals surface area contributed by atoms with Crippen LogP contribution in [0.2, 0.25) is 0 Å². The van der Waals surface area contributed by atoms with Crippen molar-refractivity contribution in [1.82, 2.24) is 5.32 Å². The van der Waals surface area contributed by atoms with Crippen LogP contribution < -0.4 is 11.1 Å². The van der Waals surface area contributed by atoms with E-state index in [-0.39, 0.29) is 5.91 Å². The summed E-state index contributed by atoms with van der Waals surface area (Å²) in [7, 11) is 0. The first-order valence-electron chi connectivity index (χ1n) is 6.77. The van der Waals surface area contributed by atoms with E-state index in [1.165, 1.54) is 0 Å². The van der Waals surface area contributed by atoms with Gasteiger partial charge in [0.25, 0.3) is 0 Å². The summed E-state index contributed by atoms with van der Waals surface area (Å²) in [6.07, 6.45) is 5.11. The van der Waals surface area contributed by atoms with Crippen molar-refractivity contribution in [2.75, 3.05) is 26.3 Å². The summed E-state index contributed by atoms with van der Waals surface area (Å²) in [6.45, 7) is 5.16. The van der Waals surface area contributed by atoms with Crippen LogP contribution in [0.1, 0.15) is 39.0 Å².